The number of halogens is 1. The summed E-state index contributed by atoms with van der Waals surface area (Å²) in [6.45, 7) is 0. The first-order valence-electron chi connectivity index (χ1n) is 3.53. The first-order valence-corrected chi connectivity index (χ1v) is 3.94. The van der Waals surface area contributed by atoms with Gasteiger partial charge in [0.2, 0.25) is 0 Å². The summed E-state index contributed by atoms with van der Waals surface area (Å²) in [7, 11) is 0. The Bertz CT molecular complexity index is 561. The van der Waals surface area contributed by atoms with Gasteiger partial charge >= 0.3 is 0 Å². The molecule has 3 nitrogen and oxygen atoms in total. The molecule has 5 heteroatoms. The number of aromatic nitrogens is 2. The van der Waals surface area contributed by atoms with Gasteiger partial charge in [-0.3, -0.25) is 0 Å². The predicted octanol–water partition coefficient (Wildman–Crippen LogP) is 2.24. The summed E-state index contributed by atoms with van der Waals surface area (Å²) in [4.78, 5) is 5.35. The van der Waals surface area contributed by atoms with Gasteiger partial charge in [-0.2, -0.15) is 5.26 Å². The quantitative estimate of drug-likeness (QED) is 0.630. The van der Waals surface area contributed by atoms with E-state index in [1.165, 1.54) is 12.1 Å². The molecule has 1 heterocycles. The highest BCUT2D eigenvalue weighted by molar-refractivity contribution is 7.71. The highest BCUT2D eigenvalue weighted by atomic mass is 32.1. The average Bonchev–Trinajstić information content (AvgIpc) is 2.48. The summed E-state index contributed by atoms with van der Waals surface area (Å²) in [5.74, 6) is -0.415. The number of nitrogens with one attached hydrogen (secondary N) is 2. The van der Waals surface area contributed by atoms with E-state index in [-0.39, 0.29) is 5.52 Å². The van der Waals surface area contributed by atoms with Crippen LogP contribution < -0.4 is 0 Å². The molecule has 64 valence electrons. The van der Waals surface area contributed by atoms with Crippen molar-refractivity contribution in [1.29, 1.82) is 5.26 Å². The van der Waals surface area contributed by atoms with E-state index in [4.69, 9.17) is 17.5 Å². The first kappa shape index (κ1) is 7.95. The normalized spacial score (nSPS) is 10.2. The second kappa shape index (κ2) is 2.68. The van der Waals surface area contributed by atoms with Gasteiger partial charge in [0.25, 0.3) is 0 Å². The van der Waals surface area contributed by atoms with Gasteiger partial charge in [0.1, 0.15) is 17.4 Å². The van der Waals surface area contributed by atoms with E-state index in [9.17, 15) is 4.39 Å². The van der Waals surface area contributed by atoms with Crippen molar-refractivity contribution in [1.82, 2.24) is 9.97 Å². The smallest absolute Gasteiger partial charge is 0.175 e. The van der Waals surface area contributed by atoms with Crippen LogP contribution in [0, 0.1) is 21.9 Å². The largest absolute Gasteiger partial charge is 0.330 e. The van der Waals surface area contributed by atoms with Crippen LogP contribution in [-0.4, -0.2) is 9.97 Å². The lowest BCUT2D eigenvalue weighted by molar-refractivity contribution is 0.637. The molecule has 0 fully saturated rings. The Labute approximate surface area is 77.8 Å². The molecular formula is C8H4FN3S. The van der Waals surface area contributed by atoms with E-state index in [0.717, 1.165) is 0 Å². The lowest BCUT2D eigenvalue weighted by Crippen LogP contribution is -1.82. The first-order chi connectivity index (χ1) is 6.22. The second-order valence-electron chi connectivity index (χ2n) is 2.54. The maximum absolute atomic E-state index is 13.1. The molecule has 0 aliphatic carbocycles. The van der Waals surface area contributed by atoms with Gasteiger partial charge in [-0.05, 0) is 24.4 Å². The minimum absolute atomic E-state index is 0.254. The summed E-state index contributed by atoms with van der Waals surface area (Å²) in [5, 5.41) is 8.70. The minimum Gasteiger partial charge on any atom is -0.330 e. The Morgan fingerprint density at radius 1 is 1.31 bits per heavy atom. The Morgan fingerprint density at radius 3 is 2.69 bits per heavy atom. The van der Waals surface area contributed by atoms with E-state index in [2.05, 4.69) is 9.97 Å². The number of nitrogens with zero attached hydrogens (tertiary/aromatic N) is 1. The van der Waals surface area contributed by atoms with Crippen LogP contribution in [0.5, 0.6) is 0 Å². The highest BCUT2D eigenvalue weighted by Gasteiger charge is 2.06. The number of aromatic amines is 2. The standard InChI is InChI=1S/C8H4FN3S/c9-5-2-1-4(3-10)6-7(5)12-8(13)11-6/h1-2H,(H2,11,12,13). The van der Waals surface area contributed by atoms with Crippen molar-refractivity contribution in [3.8, 4) is 6.07 Å². The van der Waals surface area contributed by atoms with Crippen molar-refractivity contribution in [2.75, 3.05) is 0 Å². The molecule has 0 amide bonds. The number of H-pyrrole nitrogens is 2. The number of fused-ring (bicyclic) bond motifs is 1. The van der Waals surface area contributed by atoms with Crippen LogP contribution in [0.4, 0.5) is 4.39 Å². The Kier molecular flexibility index (Phi) is 1.64. The van der Waals surface area contributed by atoms with E-state index in [1.807, 2.05) is 6.07 Å². The van der Waals surface area contributed by atoms with Crippen molar-refractivity contribution in [3.63, 3.8) is 0 Å². The second-order valence-corrected chi connectivity index (χ2v) is 2.94. The summed E-state index contributed by atoms with van der Waals surface area (Å²) < 4.78 is 13.4. The molecule has 2 aromatic rings. The third-order valence-electron chi connectivity index (χ3n) is 1.75. The SMILES string of the molecule is N#Cc1ccc(F)c2[nH]c(=S)[nH]c12. The van der Waals surface area contributed by atoms with Crippen LogP contribution in [0.2, 0.25) is 0 Å². The third kappa shape index (κ3) is 1.12. The zero-order valence-electron chi connectivity index (χ0n) is 6.39. The highest BCUT2D eigenvalue weighted by Crippen LogP contribution is 2.17. The van der Waals surface area contributed by atoms with Crippen molar-refractivity contribution < 1.29 is 4.39 Å². The van der Waals surface area contributed by atoms with Crippen LogP contribution in [0.15, 0.2) is 12.1 Å². The Hall–Kier alpha value is -1.67. The predicted molar refractivity (Wildman–Crippen MR) is 48.2 cm³/mol. The number of imidazole rings is 1. The molecule has 0 atom stereocenters. The van der Waals surface area contributed by atoms with Crippen molar-refractivity contribution >= 4 is 23.3 Å². The van der Waals surface area contributed by atoms with Crippen LogP contribution >= 0.6 is 12.2 Å². The zero-order chi connectivity index (χ0) is 9.42. The zero-order valence-corrected chi connectivity index (χ0v) is 7.20. The van der Waals surface area contributed by atoms with Gasteiger partial charge in [0.15, 0.2) is 4.77 Å². The molecule has 2 rings (SSSR count). The molecule has 0 saturated heterocycles. The fourth-order valence-corrected chi connectivity index (χ4v) is 1.38. The molecule has 1 aromatic carbocycles. The molecule has 0 aliphatic heterocycles. The molecule has 0 bridgehead atoms. The fraction of sp³-hybridized carbons (Fsp3) is 0. The van der Waals surface area contributed by atoms with Gasteiger partial charge in [0.05, 0.1) is 11.1 Å². The van der Waals surface area contributed by atoms with Gasteiger partial charge < -0.3 is 9.97 Å². The van der Waals surface area contributed by atoms with Crippen molar-refractivity contribution in [3.05, 3.63) is 28.3 Å². The molecule has 2 N–H and O–H groups in total. The molecular weight excluding hydrogens is 189 g/mol. The van der Waals surface area contributed by atoms with Crippen molar-refractivity contribution in [2.24, 2.45) is 0 Å². The molecule has 13 heavy (non-hydrogen) atoms. The Balaban J connectivity index is 3.02. The fourth-order valence-electron chi connectivity index (χ4n) is 1.18. The monoisotopic (exact) mass is 193 g/mol. The van der Waals surface area contributed by atoms with Crippen LogP contribution in [-0.2, 0) is 0 Å². The minimum atomic E-state index is -0.415. The molecule has 1 aromatic heterocycles. The molecule has 0 aliphatic rings. The average molecular weight is 193 g/mol. The number of nitriles is 1. The summed E-state index contributed by atoms with van der Waals surface area (Å²) >= 11 is 4.79. The topological polar surface area (TPSA) is 55.4 Å². The number of hydrogen-bond donors (Lipinski definition) is 2. The third-order valence-corrected chi connectivity index (χ3v) is 1.96. The lowest BCUT2D eigenvalue weighted by Gasteiger charge is -1.92. The van der Waals surface area contributed by atoms with E-state index >= 15 is 0 Å². The Morgan fingerprint density at radius 2 is 2.00 bits per heavy atom. The van der Waals surface area contributed by atoms with E-state index in [0.29, 0.717) is 15.9 Å². The van der Waals surface area contributed by atoms with Gasteiger partial charge in [-0.25, -0.2) is 4.39 Å². The van der Waals surface area contributed by atoms with Gasteiger partial charge in [0, 0.05) is 0 Å². The van der Waals surface area contributed by atoms with Crippen LogP contribution in [0.1, 0.15) is 5.56 Å². The van der Waals surface area contributed by atoms with Crippen molar-refractivity contribution in [2.45, 2.75) is 0 Å². The number of rotatable bonds is 0. The summed E-state index contributed by atoms with van der Waals surface area (Å²) in [6.07, 6.45) is 0. The molecule has 0 unspecified atom stereocenters. The van der Waals surface area contributed by atoms with Gasteiger partial charge in [-0.15, -0.1) is 0 Å². The maximum Gasteiger partial charge on any atom is 0.175 e. The van der Waals surface area contributed by atoms with E-state index in [1.54, 1.807) is 0 Å². The van der Waals surface area contributed by atoms with Crippen LogP contribution in [0.25, 0.3) is 11.0 Å². The summed E-state index contributed by atoms with van der Waals surface area (Å²) in [5.41, 5.74) is 1.06. The van der Waals surface area contributed by atoms with Gasteiger partial charge in [-0.1, -0.05) is 0 Å². The molecule has 0 saturated carbocycles. The van der Waals surface area contributed by atoms with Crippen LogP contribution in [0.3, 0.4) is 0 Å². The maximum atomic E-state index is 13.1. The number of hydrogen-bond acceptors (Lipinski definition) is 2. The van der Waals surface area contributed by atoms with E-state index < -0.39 is 5.82 Å². The molecule has 0 radical (unpaired) electrons. The summed E-state index contributed by atoms with van der Waals surface area (Å²) in [6, 6.07) is 4.60. The molecule has 0 spiro atoms. The lowest BCUT2D eigenvalue weighted by atomic mass is 10.2. The number of benzene rings is 1.